The molecule has 31 heavy (non-hydrogen) atoms. The summed E-state index contributed by atoms with van der Waals surface area (Å²) in [5.41, 5.74) is 3.36. The molecule has 0 spiro atoms. The van der Waals surface area contributed by atoms with Gasteiger partial charge < -0.3 is 13.9 Å². The first-order valence-corrected chi connectivity index (χ1v) is 10.6. The van der Waals surface area contributed by atoms with E-state index in [9.17, 15) is 0 Å². The van der Waals surface area contributed by atoms with Gasteiger partial charge in [-0.1, -0.05) is 23.8 Å². The lowest BCUT2D eigenvalue weighted by Gasteiger charge is -2.36. The predicted molar refractivity (Wildman–Crippen MR) is 119 cm³/mol. The van der Waals surface area contributed by atoms with Crippen LogP contribution in [0.25, 0.3) is 11.5 Å². The maximum absolute atomic E-state index is 6.01. The van der Waals surface area contributed by atoms with E-state index in [0.717, 1.165) is 49.8 Å². The Morgan fingerprint density at radius 3 is 2.45 bits per heavy atom. The lowest BCUT2D eigenvalue weighted by molar-refractivity contribution is 0.0875. The minimum Gasteiger partial charge on any atom is -0.493 e. The van der Waals surface area contributed by atoms with Crippen molar-refractivity contribution in [3.05, 3.63) is 59.5 Å². The van der Waals surface area contributed by atoms with Crippen molar-refractivity contribution < 1.29 is 13.9 Å². The van der Waals surface area contributed by atoms with Gasteiger partial charge in [-0.3, -0.25) is 9.80 Å². The predicted octanol–water partition coefficient (Wildman–Crippen LogP) is 3.94. The van der Waals surface area contributed by atoms with Crippen LogP contribution in [0.3, 0.4) is 0 Å². The molecule has 0 aliphatic carbocycles. The summed E-state index contributed by atoms with van der Waals surface area (Å²) in [4.78, 5) is 4.86. The highest BCUT2D eigenvalue weighted by Gasteiger charge is 2.26. The summed E-state index contributed by atoms with van der Waals surface area (Å²) in [6.45, 7) is 8.96. The standard InChI is InChI=1S/C24H30N4O3/c1-17-6-5-7-20(14-17)24-26-25-23(31-24)18(2)28-12-10-27(11-13-28)16-19-8-9-21(29-3)22(15-19)30-4/h5-9,14-15,18H,10-13,16H2,1-4H3/t18-/m1/s1. The second-order valence-electron chi connectivity index (χ2n) is 7.99. The Bertz CT molecular complexity index is 1010. The van der Waals surface area contributed by atoms with Crippen molar-refractivity contribution in [3.8, 4) is 23.0 Å². The fraction of sp³-hybridized carbons (Fsp3) is 0.417. The molecule has 2 aromatic carbocycles. The number of methoxy groups -OCH3 is 2. The first-order valence-electron chi connectivity index (χ1n) is 10.6. The number of hydrogen-bond donors (Lipinski definition) is 0. The van der Waals surface area contributed by atoms with Gasteiger partial charge in [-0.15, -0.1) is 10.2 Å². The third-order valence-electron chi connectivity index (χ3n) is 5.87. The molecule has 0 amide bonds. The average Bonchev–Trinajstić information content (AvgIpc) is 3.29. The number of benzene rings is 2. The molecule has 2 heterocycles. The molecule has 1 saturated heterocycles. The van der Waals surface area contributed by atoms with Crippen molar-refractivity contribution in [1.82, 2.24) is 20.0 Å². The van der Waals surface area contributed by atoms with Gasteiger partial charge >= 0.3 is 0 Å². The Morgan fingerprint density at radius 2 is 1.74 bits per heavy atom. The van der Waals surface area contributed by atoms with Gasteiger partial charge in [0.1, 0.15) is 0 Å². The van der Waals surface area contributed by atoms with Crippen LogP contribution in [0.15, 0.2) is 46.9 Å². The number of nitrogens with zero attached hydrogens (tertiary/aromatic N) is 4. The minimum absolute atomic E-state index is 0.0919. The number of rotatable bonds is 7. The maximum atomic E-state index is 6.01. The van der Waals surface area contributed by atoms with E-state index in [-0.39, 0.29) is 6.04 Å². The van der Waals surface area contributed by atoms with Crippen LogP contribution in [-0.4, -0.2) is 60.4 Å². The fourth-order valence-electron chi connectivity index (χ4n) is 4.00. The summed E-state index contributed by atoms with van der Waals surface area (Å²) >= 11 is 0. The summed E-state index contributed by atoms with van der Waals surface area (Å²) in [5, 5.41) is 8.59. The Labute approximate surface area is 183 Å². The van der Waals surface area contributed by atoms with Gasteiger partial charge in [0.25, 0.3) is 0 Å². The van der Waals surface area contributed by atoms with Crippen LogP contribution >= 0.6 is 0 Å². The summed E-state index contributed by atoms with van der Waals surface area (Å²) in [5.74, 6) is 2.78. The SMILES string of the molecule is COc1ccc(CN2CCN([C@H](C)c3nnc(-c4cccc(C)c4)o3)CC2)cc1OC. The molecular formula is C24H30N4O3. The molecule has 1 aliphatic heterocycles. The van der Waals surface area contributed by atoms with Crippen LogP contribution in [0.4, 0.5) is 0 Å². The van der Waals surface area contributed by atoms with Crippen LogP contribution in [0.2, 0.25) is 0 Å². The third-order valence-corrected chi connectivity index (χ3v) is 5.87. The molecule has 1 atom stereocenters. The molecule has 0 unspecified atom stereocenters. The molecule has 4 rings (SSSR count). The van der Waals surface area contributed by atoms with Gasteiger partial charge in [0, 0.05) is 38.3 Å². The highest BCUT2D eigenvalue weighted by atomic mass is 16.5. The Hall–Kier alpha value is -2.90. The number of ether oxygens (including phenoxy) is 2. The molecular weight excluding hydrogens is 392 g/mol. The van der Waals surface area contributed by atoms with Gasteiger partial charge in [-0.05, 0) is 43.7 Å². The molecule has 7 nitrogen and oxygen atoms in total. The molecule has 0 saturated carbocycles. The fourth-order valence-corrected chi connectivity index (χ4v) is 4.00. The second-order valence-corrected chi connectivity index (χ2v) is 7.99. The maximum Gasteiger partial charge on any atom is 0.247 e. The Balaban J connectivity index is 1.35. The van der Waals surface area contributed by atoms with E-state index in [1.54, 1.807) is 14.2 Å². The van der Waals surface area contributed by atoms with Crippen LogP contribution in [0, 0.1) is 6.92 Å². The molecule has 164 valence electrons. The van der Waals surface area contributed by atoms with E-state index in [1.165, 1.54) is 11.1 Å². The lowest BCUT2D eigenvalue weighted by atomic mass is 10.1. The Morgan fingerprint density at radius 1 is 0.968 bits per heavy atom. The van der Waals surface area contributed by atoms with Crippen LogP contribution in [-0.2, 0) is 6.54 Å². The molecule has 0 bridgehead atoms. The zero-order valence-corrected chi connectivity index (χ0v) is 18.7. The topological polar surface area (TPSA) is 63.9 Å². The van der Waals surface area contributed by atoms with Crippen molar-refractivity contribution in [2.24, 2.45) is 0 Å². The molecule has 1 fully saturated rings. The largest absolute Gasteiger partial charge is 0.493 e. The highest BCUT2D eigenvalue weighted by Crippen LogP contribution is 2.29. The normalized spacial score (nSPS) is 16.3. The van der Waals surface area contributed by atoms with Gasteiger partial charge in [-0.25, -0.2) is 0 Å². The van der Waals surface area contributed by atoms with Crippen LogP contribution in [0.5, 0.6) is 11.5 Å². The summed E-state index contributed by atoms with van der Waals surface area (Å²) in [6, 6.07) is 14.3. The average molecular weight is 423 g/mol. The lowest BCUT2D eigenvalue weighted by Crippen LogP contribution is -2.46. The smallest absolute Gasteiger partial charge is 0.247 e. The van der Waals surface area contributed by atoms with E-state index < -0.39 is 0 Å². The number of piperazine rings is 1. The highest BCUT2D eigenvalue weighted by molar-refractivity contribution is 5.53. The molecule has 1 aliphatic rings. The molecule has 3 aromatic rings. The van der Waals surface area contributed by atoms with Crippen molar-refractivity contribution in [3.63, 3.8) is 0 Å². The third kappa shape index (κ3) is 4.89. The Kier molecular flexibility index (Phi) is 6.53. The first kappa shape index (κ1) is 21.3. The quantitative estimate of drug-likeness (QED) is 0.571. The summed E-state index contributed by atoms with van der Waals surface area (Å²) in [7, 11) is 3.33. The second kappa shape index (κ2) is 9.49. The van der Waals surface area contributed by atoms with E-state index in [4.69, 9.17) is 13.9 Å². The van der Waals surface area contributed by atoms with Crippen molar-refractivity contribution in [2.75, 3.05) is 40.4 Å². The van der Waals surface area contributed by atoms with Gasteiger partial charge in [0.05, 0.1) is 20.3 Å². The van der Waals surface area contributed by atoms with E-state index in [1.807, 2.05) is 18.2 Å². The molecule has 7 heteroatoms. The van der Waals surface area contributed by atoms with Crippen molar-refractivity contribution in [1.29, 1.82) is 0 Å². The minimum atomic E-state index is 0.0919. The van der Waals surface area contributed by atoms with Gasteiger partial charge in [0.2, 0.25) is 11.8 Å². The van der Waals surface area contributed by atoms with Crippen LogP contribution < -0.4 is 9.47 Å². The monoisotopic (exact) mass is 422 g/mol. The van der Waals surface area contributed by atoms with E-state index >= 15 is 0 Å². The van der Waals surface area contributed by atoms with Crippen molar-refractivity contribution >= 4 is 0 Å². The summed E-state index contributed by atoms with van der Waals surface area (Å²) < 4.78 is 16.8. The molecule has 1 aromatic heterocycles. The molecule has 0 N–H and O–H groups in total. The number of hydrogen-bond acceptors (Lipinski definition) is 7. The van der Waals surface area contributed by atoms with Gasteiger partial charge in [-0.2, -0.15) is 0 Å². The van der Waals surface area contributed by atoms with E-state index in [2.05, 4.69) is 58.1 Å². The number of aryl methyl sites for hydroxylation is 1. The van der Waals surface area contributed by atoms with Gasteiger partial charge in [0.15, 0.2) is 11.5 Å². The summed E-state index contributed by atoms with van der Waals surface area (Å²) in [6.07, 6.45) is 0. The molecule has 0 radical (unpaired) electrons. The zero-order chi connectivity index (χ0) is 21.8. The van der Waals surface area contributed by atoms with Crippen LogP contribution in [0.1, 0.15) is 30.0 Å². The zero-order valence-electron chi connectivity index (χ0n) is 18.7. The number of aromatic nitrogens is 2. The first-order chi connectivity index (χ1) is 15.1. The van der Waals surface area contributed by atoms with E-state index in [0.29, 0.717) is 11.8 Å². The van der Waals surface area contributed by atoms with Crippen molar-refractivity contribution in [2.45, 2.75) is 26.4 Å².